The van der Waals surface area contributed by atoms with Crippen LogP contribution in [0.25, 0.3) is 0 Å². The third kappa shape index (κ3) is 2.35. The zero-order chi connectivity index (χ0) is 12.7. The molecule has 0 spiro atoms. The molecular weight excluding hydrogens is 188 g/mol. The molecular formula is C13H26O2. The summed E-state index contributed by atoms with van der Waals surface area (Å²) in [5.41, 5.74) is -0.199. The van der Waals surface area contributed by atoms with Crippen molar-refractivity contribution in [3.63, 3.8) is 0 Å². The highest BCUT2D eigenvalue weighted by Crippen LogP contribution is 2.54. The van der Waals surface area contributed by atoms with E-state index in [1.165, 1.54) is 0 Å². The van der Waals surface area contributed by atoms with Crippen LogP contribution in [0.2, 0.25) is 0 Å². The summed E-state index contributed by atoms with van der Waals surface area (Å²) < 4.78 is 0. The van der Waals surface area contributed by atoms with Gasteiger partial charge in [-0.2, -0.15) is 0 Å². The van der Waals surface area contributed by atoms with Crippen LogP contribution in [0.15, 0.2) is 0 Å². The Bertz CT molecular complexity index is 244. The third-order valence-corrected chi connectivity index (χ3v) is 4.94. The lowest BCUT2D eigenvalue weighted by molar-refractivity contribution is -0.152. The highest BCUT2D eigenvalue weighted by Gasteiger charge is 2.49. The molecule has 15 heavy (non-hydrogen) atoms. The molecule has 0 heterocycles. The molecule has 0 saturated heterocycles. The SMILES string of the molecule is CC(C(=O)O)C(C)(C)C(C)(C)C(C)(C)C. The minimum Gasteiger partial charge on any atom is -0.481 e. The van der Waals surface area contributed by atoms with E-state index in [0.717, 1.165) is 0 Å². The number of hydrogen-bond acceptors (Lipinski definition) is 1. The van der Waals surface area contributed by atoms with Gasteiger partial charge in [-0.15, -0.1) is 0 Å². The Morgan fingerprint density at radius 2 is 1.33 bits per heavy atom. The van der Waals surface area contributed by atoms with E-state index >= 15 is 0 Å². The Balaban J connectivity index is 5.28. The Hall–Kier alpha value is -0.530. The van der Waals surface area contributed by atoms with Crippen molar-refractivity contribution < 1.29 is 9.90 Å². The molecule has 90 valence electrons. The van der Waals surface area contributed by atoms with Crippen LogP contribution < -0.4 is 0 Å². The lowest BCUT2D eigenvalue weighted by Crippen LogP contribution is -2.48. The highest BCUT2D eigenvalue weighted by atomic mass is 16.4. The van der Waals surface area contributed by atoms with Crippen LogP contribution in [0.4, 0.5) is 0 Å². The van der Waals surface area contributed by atoms with Gasteiger partial charge in [0.05, 0.1) is 5.92 Å². The number of aliphatic carboxylic acids is 1. The zero-order valence-corrected chi connectivity index (χ0v) is 11.4. The van der Waals surface area contributed by atoms with Gasteiger partial charge in [-0.1, -0.05) is 55.4 Å². The molecule has 0 bridgehead atoms. The van der Waals surface area contributed by atoms with E-state index in [9.17, 15) is 4.79 Å². The summed E-state index contributed by atoms with van der Waals surface area (Å²) in [4.78, 5) is 11.1. The molecule has 1 N–H and O–H groups in total. The summed E-state index contributed by atoms with van der Waals surface area (Å²) in [6, 6.07) is 0. The predicted octanol–water partition coefficient (Wildman–Crippen LogP) is 3.81. The van der Waals surface area contributed by atoms with E-state index in [0.29, 0.717) is 0 Å². The van der Waals surface area contributed by atoms with Crippen LogP contribution in [-0.2, 0) is 4.79 Å². The molecule has 0 aliphatic rings. The maximum Gasteiger partial charge on any atom is 0.306 e. The largest absolute Gasteiger partial charge is 0.481 e. The first-order chi connectivity index (χ1) is 6.35. The quantitative estimate of drug-likeness (QED) is 0.775. The van der Waals surface area contributed by atoms with Crippen molar-refractivity contribution in [3.05, 3.63) is 0 Å². The van der Waals surface area contributed by atoms with Crippen LogP contribution in [0.1, 0.15) is 55.4 Å². The van der Waals surface area contributed by atoms with Gasteiger partial charge < -0.3 is 5.11 Å². The fourth-order valence-electron chi connectivity index (χ4n) is 1.82. The van der Waals surface area contributed by atoms with Crippen LogP contribution >= 0.6 is 0 Å². The summed E-state index contributed by atoms with van der Waals surface area (Å²) in [7, 11) is 0. The summed E-state index contributed by atoms with van der Waals surface area (Å²) in [6.45, 7) is 16.7. The maximum atomic E-state index is 11.1. The summed E-state index contributed by atoms with van der Waals surface area (Å²) >= 11 is 0. The molecule has 0 aliphatic heterocycles. The standard InChI is InChI=1S/C13H26O2/c1-9(10(14)15)12(5,6)13(7,8)11(2,3)4/h9H,1-8H3,(H,14,15). The molecule has 2 heteroatoms. The van der Waals surface area contributed by atoms with Gasteiger partial charge in [0.1, 0.15) is 0 Å². The van der Waals surface area contributed by atoms with Crippen LogP contribution in [-0.4, -0.2) is 11.1 Å². The van der Waals surface area contributed by atoms with E-state index in [1.807, 2.05) is 0 Å². The zero-order valence-electron chi connectivity index (χ0n) is 11.4. The molecule has 0 aliphatic carbocycles. The number of carboxylic acid groups (broad SMARTS) is 1. The number of hydrogen-bond donors (Lipinski definition) is 1. The maximum absolute atomic E-state index is 11.1. The fourth-order valence-corrected chi connectivity index (χ4v) is 1.82. The first-order valence-electron chi connectivity index (χ1n) is 5.58. The van der Waals surface area contributed by atoms with E-state index in [2.05, 4.69) is 48.5 Å². The minimum atomic E-state index is -0.711. The van der Waals surface area contributed by atoms with E-state index < -0.39 is 5.97 Å². The molecule has 0 aromatic carbocycles. The second-order valence-electron chi connectivity index (χ2n) is 6.66. The van der Waals surface area contributed by atoms with Gasteiger partial charge in [0.2, 0.25) is 0 Å². The molecule has 0 fully saturated rings. The molecule has 0 aromatic heterocycles. The molecule has 0 radical (unpaired) electrons. The first kappa shape index (κ1) is 14.5. The number of carboxylic acids is 1. The highest BCUT2D eigenvalue weighted by molar-refractivity contribution is 5.70. The van der Waals surface area contributed by atoms with Crippen molar-refractivity contribution in [1.29, 1.82) is 0 Å². The van der Waals surface area contributed by atoms with Crippen molar-refractivity contribution in [2.75, 3.05) is 0 Å². The van der Waals surface area contributed by atoms with Gasteiger partial charge >= 0.3 is 5.97 Å². The average Bonchev–Trinajstić information content (AvgIpc) is 2.00. The lowest BCUT2D eigenvalue weighted by atomic mass is 9.52. The van der Waals surface area contributed by atoms with Gasteiger partial charge in [0, 0.05) is 0 Å². The smallest absolute Gasteiger partial charge is 0.306 e. The topological polar surface area (TPSA) is 37.3 Å². The van der Waals surface area contributed by atoms with Gasteiger partial charge in [-0.05, 0) is 16.2 Å². The first-order valence-corrected chi connectivity index (χ1v) is 5.58. The van der Waals surface area contributed by atoms with Gasteiger partial charge in [-0.3, -0.25) is 4.79 Å². The van der Waals surface area contributed by atoms with Crippen molar-refractivity contribution in [2.45, 2.75) is 55.4 Å². The van der Waals surface area contributed by atoms with E-state index in [4.69, 9.17) is 5.11 Å². The lowest BCUT2D eigenvalue weighted by Gasteiger charge is -2.52. The molecule has 1 atom stereocenters. The monoisotopic (exact) mass is 214 g/mol. The molecule has 0 amide bonds. The van der Waals surface area contributed by atoms with E-state index in [1.54, 1.807) is 6.92 Å². The van der Waals surface area contributed by atoms with Crippen LogP contribution in [0.3, 0.4) is 0 Å². The van der Waals surface area contributed by atoms with Gasteiger partial charge in [0.25, 0.3) is 0 Å². The Morgan fingerprint density at radius 1 is 1.00 bits per heavy atom. The normalized spacial score (nSPS) is 16.3. The summed E-state index contributed by atoms with van der Waals surface area (Å²) in [6.07, 6.45) is 0. The van der Waals surface area contributed by atoms with E-state index in [-0.39, 0.29) is 22.2 Å². The Labute approximate surface area is 94.1 Å². The van der Waals surface area contributed by atoms with Gasteiger partial charge in [-0.25, -0.2) is 0 Å². The number of carbonyl (C=O) groups is 1. The van der Waals surface area contributed by atoms with Gasteiger partial charge in [0.15, 0.2) is 0 Å². The third-order valence-electron chi connectivity index (χ3n) is 4.94. The predicted molar refractivity (Wildman–Crippen MR) is 63.8 cm³/mol. The van der Waals surface area contributed by atoms with Crippen LogP contribution in [0.5, 0.6) is 0 Å². The second-order valence-corrected chi connectivity index (χ2v) is 6.66. The molecule has 2 nitrogen and oxygen atoms in total. The molecule has 0 aromatic rings. The summed E-state index contributed by atoms with van der Waals surface area (Å²) in [5.74, 6) is -1.05. The average molecular weight is 214 g/mol. The Morgan fingerprint density at radius 3 is 1.53 bits per heavy atom. The van der Waals surface area contributed by atoms with Crippen molar-refractivity contribution in [1.82, 2.24) is 0 Å². The number of rotatable bonds is 3. The minimum absolute atomic E-state index is 0.0438. The van der Waals surface area contributed by atoms with Crippen molar-refractivity contribution in [3.8, 4) is 0 Å². The molecule has 0 rings (SSSR count). The Kier molecular flexibility index (Phi) is 3.67. The summed E-state index contributed by atoms with van der Waals surface area (Å²) in [5, 5.41) is 9.15. The molecule has 1 unspecified atom stereocenters. The van der Waals surface area contributed by atoms with Crippen molar-refractivity contribution in [2.24, 2.45) is 22.2 Å². The van der Waals surface area contributed by atoms with Crippen molar-refractivity contribution >= 4 is 5.97 Å². The second kappa shape index (κ2) is 3.80. The van der Waals surface area contributed by atoms with Crippen LogP contribution in [0, 0.1) is 22.2 Å². The molecule has 0 saturated carbocycles. The fraction of sp³-hybridized carbons (Fsp3) is 0.923.